The lowest BCUT2D eigenvalue weighted by atomic mass is 10.1. The number of carbonyl (C=O) groups is 1. The normalized spacial score (nSPS) is 14.8. The molecule has 31 heavy (non-hydrogen) atoms. The van der Waals surface area contributed by atoms with E-state index in [4.69, 9.17) is 25.8 Å². The van der Waals surface area contributed by atoms with Crippen LogP contribution in [0.15, 0.2) is 65.2 Å². The highest BCUT2D eigenvalue weighted by Crippen LogP contribution is 2.23. The van der Waals surface area contributed by atoms with Crippen molar-refractivity contribution in [2.45, 2.75) is 19.6 Å². The molecule has 0 aliphatic carbocycles. The van der Waals surface area contributed by atoms with Gasteiger partial charge in [0.1, 0.15) is 18.1 Å². The van der Waals surface area contributed by atoms with E-state index in [2.05, 4.69) is 5.16 Å². The summed E-state index contributed by atoms with van der Waals surface area (Å²) in [7, 11) is 0. The predicted molar refractivity (Wildman–Crippen MR) is 117 cm³/mol. The van der Waals surface area contributed by atoms with Gasteiger partial charge in [0.25, 0.3) is 0 Å². The molecule has 1 saturated heterocycles. The lowest BCUT2D eigenvalue weighted by Gasteiger charge is -2.19. The van der Waals surface area contributed by atoms with Crippen molar-refractivity contribution in [2.75, 3.05) is 26.2 Å². The van der Waals surface area contributed by atoms with Gasteiger partial charge in [0.2, 0.25) is 0 Å². The summed E-state index contributed by atoms with van der Waals surface area (Å²) in [6.45, 7) is 3.09. The molecule has 7 nitrogen and oxygen atoms in total. The first-order valence-electron chi connectivity index (χ1n) is 10.2. The smallest absolute Gasteiger partial charge is 0.410 e. The molecular formula is C23H24ClN3O4. The maximum atomic E-state index is 12.3. The van der Waals surface area contributed by atoms with Crippen LogP contribution in [0.5, 0.6) is 5.75 Å². The van der Waals surface area contributed by atoms with Crippen LogP contribution in [-0.2, 0) is 18.0 Å². The molecule has 1 fully saturated rings. The average Bonchev–Trinajstić information content (AvgIpc) is 3.17. The Morgan fingerprint density at radius 1 is 1.00 bits per heavy atom. The number of hydrogen-bond donors (Lipinski definition) is 0. The third-order valence-electron chi connectivity index (χ3n) is 4.99. The van der Waals surface area contributed by atoms with Gasteiger partial charge in [-0.3, -0.25) is 0 Å². The first-order valence-corrected chi connectivity index (χ1v) is 10.6. The van der Waals surface area contributed by atoms with Crippen LogP contribution in [0.1, 0.15) is 17.7 Å². The van der Waals surface area contributed by atoms with Gasteiger partial charge >= 0.3 is 6.09 Å². The highest BCUT2D eigenvalue weighted by molar-refractivity contribution is 6.13. The quantitative estimate of drug-likeness (QED) is 0.515. The van der Waals surface area contributed by atoms with Crippen molar-refractivity contribution in [3.05, 3.63) is 72.0 Å². The maximum Gasteiger partial charge on any atom is 0.410 e. The molecular weight excluding hydrogens is 418 g/mol. The summed E-state index contributed by atoms with van der Waals surface area (Å²) >= 11 is 6.00. The van der Waals surface area contributed by atoms with Crippen molar-refractivity contribution in [2.24, 2.45) is 0 Å². The molecule has 2 aromatic carbocycles. The molecule has 2 heterocycles. The zero-order valence-corrected chi connectivity index (χ0v) is 17.8. The Bertz CT molecular complexity index is 978. The molecule has 0 spiro atoms. The first-order chi connectivity index (χ1) is 15.2. The molecule has 0 saturated carbocycles. The van der Waals surface area contributed by atoms with E-state index in [-0.39, 0.29) is 12.7 Å². The summed E-state index contributed by atoms with van der Waals surface area (Å²) in [5.74, 6) is 1.26. The number of rotatable bonds is 6. The van der Waals surface area contributed by atoms with Crippen LogP contribution in [0.4, 0.5) is 4.79 Å². The lowest BCUT2D eigenvalue weighted by Crippen LogP contribution is -2.34. The van der Waals surface area contributed by atoms with Gasteiger partial charge in [0.05, 0.1) is 0 Å². The molecule has 0 N–H and O–H groups in total. The second-order valence-corrected chi connectivity index (χ2v) is 7.76. The zero-order valence-electron chi connectivity index (χ0n) is 17.1. The van der Waals surface area contributed by atoms with E-state index in [1.165, 1.54) is 0 Å². The molecule has 8 heteroatoms. The molecule has 0 radical (unpaired) electrons. The second kappa shape index (κ2) is 10.3. The van der Waals surface area contributed by atoms with Crippen LogP contribution >= 0.6 is 11.8 Å². The molecule has 0 bridgehead atoms. The van der Waals surface area contributed by atoms with Gasteiger partial charge < -0.3 is 18.9 Å². The number of nitrogens with zero attached hydrogens (tertiary/aromatic N) is 3. The van der Waals surface area contributed by atoms with Crippen molar-refractivity contribution >= 4 is 17.9 Å². The fourth-order valence-electron chi connectivity index (χ4n) is 3.27. The van der Waals surface area contributed by atoms with Crippen molar-refractivity contribution < 1.29 is 18.8 Å². The molecule has 162 valence electrons. The monoisotopic (exact) mass is 441 g/mol. The van der Waals surface area contributed by atoms with Gasteiger partial charge in [-0.25, -0.2) is 9.21 Å². The third-order valence-corrected chi connectivity index (χ3v) is 5.33. The first kappa shape index (κ1) is 21.2. The number of amides is 1. The summed E-state index contributed by atoms with van der Waals surface area (Å²) in [5.41, 5.74) is 2.68. The largest absolute Gasteiger partial charge is 0.489 e. The fraction of sp³-hybridized carbons (Fsp3) is 0.304. The third kappa shape index (κ3) is 5.99. The summed E-state index contributed by atoms with van der Waals surface area (Å²) in [4.78, 5) is 13.9. The Hall–Kier alpha value is -3.03. The summed E-state index contributed by atoms with van der Waals surface area (Å²) < 4.78 is 18.2. The highest BCUT2D eigenvalue weighted by Gasteiger charge is 2.20. The molecule has 0 unspecified atom stereocenters. The molecule has 0 atom stereocenters. The molecule has 3 aromatic rings. The van der Waals surface area contributed by atoms with Gasteiger partial charge in [0.15, 0.2) is 12.4 Å². The van der Waals surface area contributed by atoms with Gasteiger partial charge in [-0.2, -0.15) is 0 Å². The highest BCUT2D eigenvalue weighted by atomic mass is 35.5. The second-order valence-electron chi connectivity index (χ2n) is 7.28. The lowest BCUT2D eigenvalue weighted by molar-refractivity contribution is 0.0896. The van der Waals surface area contributed by atoms with Crippen LogP contribution in [0, 0.1) is 0 Å². The zero-order chi connectivity index (χ0) is 21.5. The topological polar surface area (TPSA) is 68.0 Å². The fourth-order valence-corrected chi connectivity index (χ4v) is 3.47. The van der Waals surface area contributed by atoms with Gasteiger partial charge in [-0.05, 0) is 48.0 Å². The Balaban J connectivity index is 1.28. The number of halogens is 1. The number of ether oxygens (including phenoxy) is 2. The van der Waals surface area contributed by atoms with Crippen LogP contribution < -0.4 is 4.74 Å². The summed E-state index contributed by atoms with van der Waals surface area (Å²) in [6.07, 6.45) is 0.445. The molecule has 1 aliphatic rings. The van der Waals surface area contributed by atoms with E-state index in [9.17, 15) is 4.79 Å². The van der Waals surface area contributed by atoms with Crippen molar-refractivity contribution in [3.63, 3.8) is 0 Å². The van der Waals surface area contributed by atoms with E-state index >= 15 is 0 Å². The number of carbonyl (C=O) groups excluding carboxylic acids is 1. The Morgan fingerprint density at radius 3 is 2.61 bits per heavy atom. The van der Waals surface area contributed by atoms with Crippen LogP contribution in [-0.4, -0.2) is 46.7 Å². The number of hydrogen-bond acceptors (Lipinski definition) is 6. The summed E-state index contributed by atoms with van der Waals surface area (Å²) in [5, 5.41) is 4.08. The Morgan fingerprint density at radius 2 is 1.81 bits per heavy atom. The Labute approximate surface area is 186 Å². The van der Waals surface area contributed by atoms with Gasteiger partial charge in [-0.15, -0.1) is 0 Å². The standard InChI is InChI=1S/C23H24ClN3O4/c24-27-12-4-11-26(13-14-27)23(28)30-17-21-15-22(25-31-21)19-7-9-20(10-8-19)29-16-18-5-2-1-3-6-18/h1-3,5-10,15H,4,11-14,16-17H2. The van der Waals surface area contributed by atoms with Crippen molar-refractivity contribution in [1.29, 1.82) is 0 Å². The number of benzene rings is 2. The van der Waals surface area contributed by atoms with E-state index in [0.29, 0.717) is 37.7 Å². The number of aromatic nitrogens is 1. The minimum absolute atomic E-state index is 0.0329. The minimum Gasteiger partial charge on any atom is -0.489 e. The SMILES string of the molecule is O=C(OCc1cc(-c2ccc(OCc3ccccc3)cc2)no1)N1CCCN(Cl)CC1. The van der Waals surface area contributed by atoms with Crippen molar-refractivity contribution in [3.8, 4) is 17.0 Å². The molecule has 1 aromatic heterocycles. The predicted octanol–water partition coefficient (Wildman–Crippen LogP) is 4.72. The van der Waals surface area contributed by atoms with Crippen LogP contribution in [0.25, 0.3) is 11.3 Å². The summed E-state index contributed by atoms with van der Waals surface area (Å²) in [6, 6.07) is 19.4. The molecule has 1 aliphatic heterocycles. The Kier molecular flexibility index (Phi) is 7.07. The maximum absolute atomic E-state index is 12.3. The average molecular weight is 442 g/mol. The van der Waals surface area contributed by atoms with E-state index in [0.717, 1.165) is 29.8 Å². The van der Waals surface area contributed by atoms with E-state index < -0.39 is 0 Å². The van der Waals surface area contributed by atoms with Crippen LogP contribution in [0.2, 0.25) is 0 Å². The molecule has 4 rings (SSSR count). The molecule has 1 amide bonds. The van der Waals surface area contributed by atoms with Crippen LogP contribution in [0.3, 0.4) is 0 Å². The minimum atomic E-state index is -0.371. The van der Waals surface area contributed by atoms with E-state index in [1.54, 1.807) is 15.4 Å². The van der Waals surface area contributed by atoms with Gasteiger partial charge in [-0.1, -0.05) is 35.5 Å². The van der Waals surface area contributed by atoms with Crippen molar-refractivity contribution in [1.82, 2.24) is 14.5 Å². The van der Waals surface area contributed by atoms with E-state index in [1.807, 2.05) is 54.6 Å². The van der Waals surface area contributed by atoms with Gasteiger partial charge in [0, 0.05) is 37.8 Å².